The van der Waals surface area contributed by atoms with E-state index < -0.39 is 11.9 Å². The molecule has 2 aromatic rings. The Bertz CT molecular complexity index is 1180. The van der Waals surface area contributed by atoms with Crippen LogP contribution in [0.25, 0.3) is 10.9 Å². The number of nitrogens with zero attached hydrogens (tertiary/aromatic N) is 5. The number of amides is 2. The van der Waals surface area contributed by atoms with Crippen molar-refractivity contribution in [2.24, 2.45) is 0 Å². The lowest BCUT2D eigenvalue weighted by molar-refractivity contribution is -0.134. The molecule has 0 bridgehead atoms. The Morgan fingerprint density at radius 2 is 1.86 bits per heavy atom. The van der Waals surface area contributed by atoms with Crippen LogP contribution in [0, 0.1) is 0 Å². The second-order valence-corrected chi connectivity index (χ2v) is 9.16. The predicted octanol–water partition coefficient (Wildman–Crippen LogP) is 2.28. The van der Waals surface area contributed by atoms with Gasteiger partial charge in [-0.05, 0) is 37.1 Å². The van der Waals surface area contributed by atoms with E-state index >= 15 is 0 Å². The molecule has 1 aliphatic carbocycles. The van der Waals surface area contributed by atoms with Gasteiger partial charge in [0.2, 0.25) is 11.8 Å². The summed E-state index contributed by atoms with van der Waals surface area (Å²) in [4.78, 5) is 29.8. The number of anilines is 1. The van der Waals surface area contributed by atoms with Crippen LogP contribution in [0.5, 0.6) is 0 Å². The van der Waals surface area contributed by atoms with Crippen molar-refractivity contribution in [2.75, 3.05) is 44.2 Å². The van der Waals surface area contributed by atoms with Gasteiger partial charge in [0.05, 0.1) is 12.1 Å². The van der Waals surface area contributed by atoms with Crippen LogP contribution in [0.2, 0.25) is 0 Å². The maximum absolute atomic E-state index is 13.4. The number of piperazine rings is 1. The maximum Gasteiger partial charge on any atom is 0.431 e. The first kappa shape index (κ1) is 23.4. The van der Waals surface area contributed by atoms with Crippen LogP contribution < -0.4 is 10.2 Å². The van der Waals surface area contributed by atoms with Crippen LogP contribution in [0.1, 0.15) is 12.8 Å². The van der Waals surface area contributed by atoms with E-state index in [9.17, 15) is 22.8 Å². The third-order valence-electron chi connectivity index (χ3n) is 6.44. The molecule has 3 heterocycles. The third-order valence-corrected chi connectivity index (χ3v) is 6.44. The van der Waals surface area contributed by atoms with Gasteiger partial charge >= 0.3 is 6.18 Å². The molecule has 2 fully saturated rings. The minimum Gasteiger partial charge on any atom is -0.352 e. The summed E-state index contributed by atoms with van der Waals surface area (Å²) in [5.74, 6) is -0.0446. The summed E-state index contributed by atoms with van der Waals surface area (Å²) in [7, 11) is 0. The van der Waals surface area contributed by atoms with Gasteiger partial charge in [0.1, 0.15) is 12.2 Å². The molecule has 5 rings (SSSR count). The normalized spacial score (nSPS) is 19.2. The fourth-order valence-electron chi connectivity index (χ4n) is 4.42. The number of rotatable bonds is 6. The molecule has 0 unspecified atom stereocenters. The molecule has 0 spiro atoms. The van der Waals surface area contributed by atoms with Crippen molar-refractivity contribution in [1.82, 2.24) is 24.9 Å². The molecule has 1 N–H and O–H groups in total. The number of allylic oxidation sites excluding steroid dienone is 3. The smallest absolute Gasteiger partial charge is 0.352 e. The standard InChI is InChI=1S/C24H27F3N6O2/c25-24(26,27)21-3-1-2-8-33(21)19-6-7-20-17(13-19)14-32(29-20)16-23(35)31-11-9-30(10-12-31)15-22(34)28-18-4-5-18/h1-3,6-7,13-14,18H,4-5,8-12,15-16H2,(H,28,34). The number of nitrogens with one attached hydrogen (secondary N) is 1. The van der Waals surface area contributed by atoms with E-state index in [2.05, 4.69) is 10.4 Å². The van der Waals surface area contributed by atoms with E-state index in [0.717, 1.165) is 18.9 Å². The fourth-order valence-corrected chi connectivity index (χ4v) is 4.42. The van der Waals surface area contributed by atoms with Crippen molar-refractivity contribution in [3.63, 3.8) is 0 Å². The van der Waals surface area contributed by atoms with Gasteiger partial charge in [-0.1, -0.05) is 12.2 Å². The van der Waals surface area contributed by atoms with Crippen molar-refractivity contribution < 1.29 is 22.8 Å². The van der Waals surface area contributed by atoms with Crippen molar-refractivity contribution in [2.45, 2.75) is 31.6 Å². The number of carbonyl (C=O) groups excluding carboxylic acids is 2. The minimum absolute atomic E-state index is 0.0355. The summed E-state index contributed by atoms with van der Waals surface area (Å²) >= 11 is 0. The summed E-state index contributed by atoms with van der Waals surface area (Å²) in [6.45, 7) is 2.86. The molecule has 3 aliphatic rings. The van der Waals surface area contributed by atoms with Crippen molar-refractivity contribution in [3.05, 3.63) is 48.3 Å². The van der Waals surface area contributed by atoms with Crippen LogP contribution in [-0.2, 0) is 16.1 Å². The van der Waals surface area contributed by atoms with E-state index in [-0.39, 0.29) is 24.9 Å². The quantitative estimate of drug-likeness (QED) is 0.676. The summed E-state index contributed by atoms with van der Waals surface area (Å²) < 4.78 is 41.8. The van der Waals surface area contributed by atoms with Gasteiger partial charge in [-0.3, -0.25) is 19.2 Å². The zero-order valence-corrected chi connectivity index (χ0v) is 19.2. The van der Waals surface area contributed by atoms with E-state index in [4.69, 9.17) is 0 Å². The Labute approximate surface area is 200 Å². The molecular formula is C24H27F3N6O2. The van der Waals surface area contributed by atoms with Crippen molar-refractivity contribution in [3.8, 4) is 0 Å². The molecule has 1 aromatic heterocycles. The zero-order chi connectivity index (χ0) is 24.6. The average Bonchev–Trinajstić information content (AvgIpc) is 3.54. The van der Waals surface area contributed by atoms with Crippen LogP contribution >= 0.6 is 0 Å². The molecule has 186 valence electrons. The van der Waals surface area contributed by atoms with Crippen LogP contribution in [0.15, 0.2) is 48.3 Å². The fraction of sp³-hybridized carbons (Fsp3) is 0.458. The van der Waals surface area contributed by atoms with Gasteiger partial charge in [-0.15, -0.1) is 0 Å². The molecule has 2 amide bonds. The first-order valence-corrected chi connectivity index (χ1v) is 11.7. The lowest BCUT2D eigenvalue weighted by Gasteiger charge is -2.34. The average molecular weight is 489 g/mol. The SMILES string of the molecule is O=C(CN1CCN(C(=O)Cn2cc3cc(N4CC=CC=C4C(F)(F)F)ccc3n2)CC1)NC1CC1. The number of carbonyl (C=O) groups is 2. The molecule has 35 heavy (non-hydrogen) atoms. The van der Waals surface area contributed by atoms with Gasteiger partial charge in [-0.2, -0.15) is 18.3 Å². The summed E-state index contributed by atoms with van der Waals surface area (Å²) in [5.41, 5.74) is 0.308. The summed E-state index contributed by atoms with van der Waals surface area (Å²) in [6, 6.07) is 5.28. The Morgan fingerprint density at radius 3 is 2.57 bits per heavy atom. The number of aromatic nitrogens is 2. The highest BCUT2D eigenvalue weighted by Crippen LogP contribution is 2.34. The molecule has 1 aromatic carbocycles. The Balaban J connectivity index is 1.19. The van der Waals surface area contributed by atoms with E-state index in [1.54, 1.807) is 35.4 Å². The van der Waals surface area contributed by atoms with Gasteiger partial charge in [0, 0.05) is 56.0 Å². The molecule has 11 heteroatoms. The van der Waals surface area contributed by atoms with E-state index in [1.165, 1.54) is 15.7 Å². The van der Waals surface area contributed by atoms with Gasteiger partial charge in [0.15, 0.2) is 0 Å². The Hall–Kier alpha value is -3.34. The lowest BCUT2D eigenvalue weighted by atomic mass is 10.1. The van der Waals surface area contributed by atoms with Crippen molar-refractivity contribution in [1.29, 1.82) is 0 Å². The minimum atomic E-state index is -4.46. The van der Waals surface area contributed by atoms with Gasteiger partial charge in [-0.25, -0.2) is 0 Å². The Kier molecular flexibility index (Phi) is 6.26. The molecular weight excluding hydrogens is 461 g/mol. The zero-order valence-electron chi connectivity index (χ0n) is 19.2. The molecule has 2 aliphatic heterocycles. The number of halogens is 3. The maximum atomic E-state index is 13.4. The lowest BCUT2D eigenvalue weighted by Crippen LogP contribution is -2.51. The molecule has 8 nitrogen and oxygen atoms in total. The Morgan fingerprint density at radius 1 is 1.09 bits per heavy atom. The van der Waals surface area contributed by atoms with E-state index in [1.807, 2.05) is 4.90 Å². The van der Waals surface area contributed by atoms with Crippen LogP contribution in [0.3, 0.4) is 0 Å². The first-order chi connectivity index (χ1) is 16.8. The number of benzene rings is 1. The highest BCUT2D eigenvalue weighted by atomic mass is 19.4. The van der Waals surface area contributed by atoms with E-state index in [0.29, 0.717) is 55.4 Å². The number of fused-ring (bicyclic) bond motifs is 1. The molecule has 1 saturated carbocycles. The summed E-state index contributed by atoms with van der Waals surface area (Å²) in [6.07, 6.45) is 3.48. The topological polar surface area (TPSA) is 73.7 Å². The number of hydrogen-bond donors (Lipinski definition) is 1. The molecule has 0 radical (unpaired) electrons. The number of alkyl halides is 3. The van der Waals surface area contributed by atoms with Crippen LogP contribution in [0.4, 0.5) is 18.9 Å². The molecule has 1 saturated heterocycles. The molecule has 0 atom stereocenters. The predicted molar refractivity (Wildman–Crippen MR) is 125 cm³/mol. The second-order valence-electron chi connectivity index (χ2n) is 9.16. The largest absolute Gasteiger partial charge is 0.431 e. The highest BCUT2D eigenvalue weighted by Gasteiger charge is 2.38. The van der Waals surface area contributed by atoms with Crippen molar-refractivity contribution >= 4 is 28.4 Å². The number of hydrogen-bond acceptors (Lipinski definition) is 5. The van der Waals surface area contributed by atoms with Gasteiger partial charge < -0.3 is 15.1 Å². The van der Waals surface area contributed by atoms with Gasteiger partial charge in [0.25, 0.3) is 0 Å². The monoisotopic (exact) mass is 488 g/mol. The highest BCUT2D eigenvalue weighted by molar-refractivity contribution is 5.84. The van der Waals surface area contributed by atoms with Crippen LogP contribution in [-0.4, -0.2) is 82.9 Å². The first-order valence-electron chi connectivity index (χ1n) is 11.7. The third kappa shape index (κ3) is 5.50. The summed E-state index contributed by atoms with van der Waals surface area (Å²) in [5, 5.41) is 8.07. The second kappa shape index (κ2) is 9.37.